The van der Waals surface area contributed by atoms with Gasteiger partial charge >= 0.3 is 30.9 Å². The standard InChI is InChI=1S/C71H88F2N7O17P/c1-42(47-22-25-50(26-23-47)71(72,73)98(91,96-40-94-66(88)69(3,4)5)97-41-95-67(89)70(6,7)8)35-59(83)76-53-27-24-48-15-10-16-49-37-51(62(61(48)49)63(53)85)64(86)77-52(28-31-57(74)81)43(2)93-38-46-19-17-44(18-20-46)13-11-33-75-60(84)39-92-34-12-14-45-21-29-54-56(36-45)79(9)68(90)80(54)55-30-32-58(82)78-65(55)87/h10,15-23,25-26,29,35-36,43,51-53,55,62H,11-14,24,27-28,30-34,37-41H2,1-9H3,(H2,74,81)(H,75,84)(H,76,83)(H,77,86)(H,78,82,87)/b42-35+/t43-,51-,52+,53+,55?,62?/m1/s1. The van der Waals surface area contributed by atoms with E-state index in [0.717, 1.165) is 45.5 Å². The molecule has 1 aromatic heterocycles. The SMILES string of the molecule is C/C(=C\C(=O)N[C@H]1CCc2cccc3c2C(C1=O)[C@H](C(=O)N[C@@H](CCC(N)=O)[C@@H](C)OCc1ccc(CCCNC(=O)COCCCc2ccc4c(c2)n(C)c(=O)n4C2CCC(=O)NC2=O)cc1)C3)c1ccc(C(F)(F)P(=O)(OCOC(=O)C(C)(C)C)OCOC(=O)C(C)(C)C)cc1. The highest BCUT2D eigenvalue weighted by Gasteiger charge is 2.56. The quantitative estimate of drug-likeness (QED) is 0.00698. The molecule has 2 aliphatic carbocycles. The van der Waals surface area contributed by atoms with Gasteiger partial charge in [0, 0.05) is 44.7 Å². The van der Waals surface area contributed by atoms with Crippen LogP contribution in [0.5, 0.6) is 0 Å². The summed E-state index contributed by atoms with van der Waals surface area (Å²) in [5, 5.41) is 11.1. The molecule has 6 N–H and O–H groups in total. The van der Waals surface area contributed by atoms with E-state index < -0.39 is 115 Å². The average molecular weight is 1380 g/mol. The highest BCUT2D eigenvalue weighted by atomic mass is 31.2. The number of carbonyl (C=O) groups excluding carboxylic acids is 9. The molecule has 4 aromatic carbocycles. The molecule has 3 aliphatic rings. The maximum atomic E-state index is 16.3. The van der Waals surface area contributed by atoms with E-state index in [1.54, 1.807) is 20.9 Å². The Morgan fingerprint density at radius 1 is 0.796 bits per heavy atom. The third kappa shape index (κ3) is 18.8. The number of nitrogens with two attached hydrogens (primary N) is 1. The van der Waals surface area contributed by atoms with Crippen LogP contribution in [0.4, 0.5) is 8.78 Å². The van der Waals surface area contributed by atoms with Crippen molar-refractivity contribution < 1.29 is 84.5 Å². The Labute approximate surface area is 567 Å². The zero-order valence-electron chi connectivity index (χ0n) is 56.8. The van der Waals surface area contributed by atoms with Gasteiger partial charge in [-0.25, -0.2) is 4.79 Å². The van der Waals surface area contributed by atoms with Gasteiger partial charge in [0.1, 0.15) is 12.6 Å². The molecule has 27 heteroatoms. The van der Waals surface area contributed by atoms with Crippen LogP contribution in [0.1, 0.15) is 157 Å². The number of esters is 2. The molecule has 1 aliphatic heterocycles. The van der Waals surface area contributed by atoms with Crippen LogP contribution in [-0.4, -0.2) is 114 Å². The van der Waals surface area contributed by atoms with Crippen molar-refractivity contribution in [1.29, 1.82) is 0 Å². The number of hydrogen-bond acceptors (Lipinski definition) is 17. The molecule has 0 saturated carbocycles. The molecule has 2 heterocycles. The predicted octanol–water partition coefficient (Wildman–Crippen LogP) is 8.10. The number of aromatic nitrogens is 2. The normalized spacial score (nSPS) is 18.1. The molecule has 0 spiro atoms. The van der Waals surface area contributed by atoms with Crippen LogP contribution >= 0.6 is 7.60 Å². The molecule has 1 saturated heterocycles. The van der Waals surface area contributed by atoms with Crippen molar-refractivity contribution in [2.45, 2.75) is 168 Å². The number of ether oxygens (including phenoxy) is 4. The Kier molecular flexibility index (Phi) is 24.9. The van der Waals surface area contributed by atoms with E-state index in [1.807, 2.05) is 60.7 Å². The van der Waals surface area contributed by atoms with E-state index in [2.05, 4.69) is 21.3 Å². The molecule has 0 bridgehead atoms. The number of ketones is 1. The number of allylic oxidation sites excluding steroid dienone is 1. The number of fused-ring (bicyclic) bond motifs is 1. The van der Waals surface area contributed by atoms with Gasteiger partial charge in [-0.1, -0.05) is 72.8 Å². The number of imidazole rings is 1. The molecule has 528 valence electrons. The van der Waals surface area contributed by atoms with Crippen LogP contribution in [0.3, 0.4) is 0 Å². The predicted molar refractivity (Wildman–Crippen MR) is 356 cm³/mol. The fraction of sp³-hybridized carbons (Fsp3) is 0.493. The average Bonchev–Trinajstić information content (AvgIpc) is 1.57. The molecule has 8 rings (SSSR count). The summed E-state index contributed by atoms with van der Waals surface area (Å²) in [6, 6.07) is 20.9. The van der Waals surface area contributed by atoms with E-state index in [1.165, 1.54) is 68.9 Å². The Morgan fingerprint density at radius 2 is 1.43 bits per heavy atom. The first-order chi connectivity index (χ1) is 46.3. The number of aryl methyl sites for hydroxylation is 4. The van der Waals surface area contributed by atoms with Gasteiger partial charge in [0.15, 0.2) is 5.78 Å². The molecule has 98 heavy (non-hydrogen) atoms. The lowest BCUT2D eigenvalue weighted by Gasteiger charge is -2.28. The number of nitrogens with zero attached hydrogens (tertiary/aromatic N) is 2. The van der Waals surface area contributed by atoms with Gasteiger partial charge in [-0.05, 0) is 170 Å². The zero-order valence-corrected chi connectivity index (χ0v) is 57.7. The van der Waals surface area contributed by atoms with Crippen molar-refractivity contribution >= 4 is 77.4 Å². The lowest BCUT2D eigenvalue weighted by molar-refractivity contribution is -0.163. The van der Waals surface area contributed by atoms with Gasteiger partial charge in [0.25, 0.3) is 0 Å². The minimum atomic E-state index is -5.61. The minimum absolute atomic E-state index is 0.0595. The highest BCUT2D eigenvalue weighted by molar-refractivity contribution is 7.54. The Hall–Kier alpha value is -8.55. The fourth-order valence-corrected chi connectivity index (χ4v) is 13.2. The first-order valence-electron chi connectivity index (χ1n) is 32.8. The van der Waals surface area contributed by atoms with Crippen molar-refractivity contribution in [1.82, 2.24) is 30.4 Å². The molecular formula is C71H88F2N7O17P. The third-order valence-electron chi connectivity index (χ3n) is 17.6. The molecule has 6 amide bonds. The van der Waals surface area contributed by atoms with Gasteiger partial charge in [-0.3, -0.25) is 71.2 Å². The second-order valence-electron chi connectivity index (χ2n) is 27.1. The van der Waals surface area contributed by atoms with E-state index >= 15 is 8.78 Å². The van der Waals surface area contributed by atoms with Crippen LogP contribution in [0.25, 0.3) is 16.6 Å². The molecule has 0 radical (unpaired) electrons. The van der Waals surface area contributed by atoms with Crippen molar-refractivity contribution in [3.63, 3.8) is 0 Å². The van der Waals surface area contributed by atoms with E-state index in [-0.39, 0.29) is 75.0 Å². The number of benzene rings is 4. The number of alkyl halides is 2. The number of halogens is 2. The van der Waals surface area contributed by atoms with Gasteiger partial charge in [-0.15, -0.1) is 0 Å². The molecule has 6 atom stereocenters. The number of amides is 6. The third-order valence-corrected chi connectivity index (χ3v) is 19.5. The lowest BCUT2D eigenvalue weighted by Crippen LogP contribution is -2.49. The van der Waals surface area contributed by atoms with Gasteiger partial charge in [0.05, 0.1) is 58.5 Å². The topological polar surface area (TPSA) is 327 Å². The van der Waals surface area contributed by atoms with Gasteiger partial charge in [0.2, 0.25) is 49.0 Å². The summed E-state index contributed by atoms with van der Waals surface area (Å²) >= 11 is 0. The summed E-state index contributed by atoms with van der Waals surface area (Å²) in [5.41, 5.74) is 5.08. The van der Waals surface area contributed by atoms with E-state index in [0.29, 0.717) is 67.4 Å². The van der Waals surface area contributed by atoms with Crippen LogP contribution < -0.4 is 32.7 Å². The summed E-state index contributed by atoms with van der Waals surface area (Å²) in [6.45, 7) is 10.9. The number of piperidine rings is 1. The highest BCUT2D eigenvalue weighted by Crippen LogP contribution is 2.67. The second-order valence-corrected chi connectivity index (χ2v) is 29.2. The fourth-order valence-electron chi connectivity index (χ4n) is 12.0. The first-order valence-corrected chi connectivity index (χ1v) is 34.3. The summed E-state index contributed by atoms with van der Waals surface area (Å²) in [7, 11) is -3.96. The smallest absolute Gasteiger partial charge is 0.410 e. The summed E-state index contributed by atoms with van der Waals surface area (Å²) in [4.78, 5) is 130. The molecular weight excluding hydrogens is 1290 g/mol. The zero-order chi connectivity index (χ0) is 71.4. The van der Waals surface area contributed by atoms with Crippen molar-refractivity contribution in [2.75, 3.05) is 33.3 Å². The van der Waals surface area contributed by atoms with E-state index in [4.69, 9.17) is 33.7 Å². The van der Waals surface area contributed by atoms with Crippen molar-refractivity contribution in [3.05, 3.63) is 146 Å². The molecule has 5 aromatic rings. The summed E-state index contributed by atoms with van der Waals surface area (Å²) in [5.74, 6) is -6.64. The molecule has 2 unspecified atom stereocenters. The maximum absolute atomic E-state index is 16.3. The monoisotopic (exact) mass is 1380 g/mol. The number of nitrogens with one attached hydrogen (secondary N) is 4. The van der Waals surface area contributed by atoms with Gasteiger partial charge in [-0.2, -0.15) is 8.78 Å². The van der Waals surface area contributed by atoms with Gasteiger partial charge < -0.3 is 40.6 Å². The summed E-state index contributed by atoms with van der Waals surface area (Å²) in [6.07, 6.45) is 4.55. The van der Waals surface area contributed by atoms with E-state index in [9.17, 15) is 52.5 Å². The number of Topliss-reactive ketones (excluding diaryl/α,β-unsaturated/α-hetero) is 1. The lowest BCUT2D eigenvalue weighted by atomic mass is 9.84. The molecule has 24 nitrogen and oxygen atoms in total. The minimum Gasteiger partial charge on any atom is -0.438 e. The number of carbonyl (C=O) groups is 9. The Bertz CT molecular complexity index is 3910. The van der Waals surface area contributed by atoms with Crippen molar-refractivity contribution in [2.24, 2.45) is 29.5 Å². The number of rotatable bonds is 31. The van der Waals surface area contributed by atoms with Crippen LogP contribution in [-0.2, 0) is 121 Å². The van der Waals surface area contributed by atoms with Crippen molar-refractivity contribution in [3.8, 4) is 0 Å². The number of hydrogen-bond donors (Lipinski definition) is 5. The summed E-state index contributed by atoms with van der Waals surface area (Å²) < 4.78 is 81.1. The Balaban J connectivity index is 0.803. The Morgan fingerprint density at radius 3 is 2.07 bits per heavy atom. The number of primary amides is 1. The van der Waals surface area contributed by atoms with Crippen LogP contribution in [0.2, 0.25) is 0 Å². The number of imide groups is 1. The second kappa shape index (κ2) is 32.4. The maximum Gasteiger partial charge on any atom is 0.410 e. The first kappa shape index (κ1) is 75.2. The molecule has 1 fully saturated rings. The largest absolute Gasteiger partial charge is 0.438 e. The van der Waals surface area contributed by atoms with Crippen LogP contribution in [0, 0.1) is 16.7 Å². The van der Waals surface area contributed by atoms with Crippen LogP contribution in [0.15, 0.2) is 95.8 Å².